The first kappa shape index (κ1) is 15.7. The van der Waals surface area contributed by atoms with Crippen LogP contribution in [0.25, 0.3) is 11.1 Å². The van der Waals surface area contributed by atoms with Gasteiger partial charge in [0.15, 0.2) is 0 Å². The molecule has 0 aliphatic rings. The number of carbonyl (C=O) groups excluding carboxylic acids is 1. The Bertz CT molecular complexity index is 667. The first-order chi connectivity index (χ1) is 9.76. The number of rotatable bonds is 3. The number of hydrogen-bond acceptors (Lipinski definition) is 2. The van der Waals surface area contributed by atoms with Crippen LogP contribution in [0.15, 0.2) is 42.5 Å². The van der Waals surface area contributed by atoms with Crippen LogP contribution in [0.3, 0.4) is 0 Å². The topological polar surface area (TPSA) is 26.3 Å². The van der Waals surface area contributed by atoms with Gasteiger partial charge in [-0.15, -0.1) is 13.2 Å². The summed E-state index contributed by atoms with van der Waals surface area (Å²) >= 11 is 11.3. The fraction of sp³-hybridized carbons (Fsp3) is 0.0714. The molecule has 0 aliphatic heterocycles. The Labute approximate surface area is 128 Å². The quantitative estimate of drug-likeness (QED) is 0.713. The average molecular weight is 335 g/mol. The number of carbonyl (C=O) groups is 1. The molecule has 0 aromatic heterocycles. The first-order valence-corrected chi connectivity index (χ1v) is 6.37. The third-order valence-electron chi connectivity index (χ3n) is 2.59. The minimum Gasteiger partial charge on any atom is -0.406 e. The highest BCUT2D eigenvalue weighted by molar-refractivity contribution is 6.68. The summed E-state index contributed by atoms with van der Waals surface area (Å²) in [4.78, 5) is 11.4. The Hall–Kier alpha value is -1.72. The van der Waals surface area contributed by atoms with Crippen LogP contribution in [0.1, 0.15) is 10.4 Å². The van der Waals surface area contributed by atoms with Gasteiger partial charge in [0, 0.05) is 10.6 Å². The molecule has 0 amide bonds. The number of ether oxygens (including phenoxy) is 1. The molecule has 0 fully saturated rings. The molecule has 0 atom stereocenters. The van der Waals surface area contributed by atoms with Gasteiger partial charge in [-0.25, -0.2) is 0 Å². The van der Waals surface area contributed by atoms with Gasteiger partial charge >= 0.3 is 6.36 Å². The molecule has 0 spiro atoms. The molecule has 21 heavy (non-hydrogen) atoms. The Morgan fingerprint density at radius 3 is 2.19 bits per heavy atom. The predicted molar refractivity (Wildman–Crippen MR) is 73.8 cm³/mol. The maximum atomic E-state index is 12.1. The van der Waals surface area contributed by atoms with Gasteiger partial charge in [0.1, 0.15) is 5.75 Å². The third-order valence-corrected chi connectivity index (χ3v) is 3.03. The largest absolute Gasteiger partial charge is 0.573 e. The molecule has 2 aromatic carbocycles. The normalized spacial score (nSPS) is 11.3. The van der Waals surface area contributed by atoms with Gasteiger partial charge < -0.3 is 4.74 Å². The average Bonchev–Trinajstić information content (AvgIpc) is 2.37. The molecular formula is C14H7Cl2F3O2. The fourth-order valence-corrected chi connectivity index (χ4v) is 2.10. The Morgan fingerprint density at radius 1 is 1.05 bits per heavy atom. The molecule has 0 N–H and O–H groups in total. The second kappa shape index (κ2) is 5.95. The summed E-state index contributed by atoms with van der Waals surface area (Å²) in [7, 11) is 0. The van der Waals surface area contributed by atoms with E-state index in [1.807, 2.05) is 0 Å². The van der Waals surface area contributed by atoms with Crippen molar-refractivity contribution >= 4 is 28.4 Å². The molecule has 2 rings (SSSR count). The molecule has 0 saturated heterocycles. The van der Waals surface area contributed by atoms with Crippen LogP contribution in [0, 0.1) is 0 Å². The highest BCUT2D eigenvalue weighted by Crippen LogP contribution is 2.30. The van der Waals surface area contributed by atoms with Crippen molar-refractivity contribution < 1.29 is 22.7 Å². The number of alkyl halides is 3. The van der Waals surface area contributed by atoms with E-state index < -0.39 is 11.6 Å². The number of benzene rings is 2. The van der Waals surface area contributed by atoms with E-state index in [1.54, 1.807) is 0 Å². The zero-order valence-electron chi connectivity index (χ0n) is 10.2. The standard InChI is InChI=1S/C14H7Cl2F3O2/c15-9-3-6-11(13(16)20)12(7-9)8-1-4-10(5-2-8)21-14(17,18)19/h1-7H. The van der Waals surface area contributed by atoms with Crippen molar-refractivity contribution in [3.8, 4) is 16.9 Å². The zero-order chi connectivity index (χ0) is 15.6. The number of hydrogen-bond donors (Lipinski definition) is 0. The summed E-state index contributed by atoms with van der Waals surface area (Å²) in [5.74, 6) is -0.355. The third kappa shape index (κ3) is 4.12. The Kier molecular flexibility index (Phi) is 4.44. The van der Waals surface area contributed by atoms with Crippen molar-refractivity contribution in [1.29, 1.82) is 0 Å². The summed E-state index contributed by atoms with van der Waals surface area (Å²) in [5.41, 5.74) is 1.14. The van der Waals surface area contributed by atoms with Gasteiger partial charge in [0.2, 0.25) is 0 Å². The fourth-order valence-electron chi connectivity index (χ4n) is 1.76. The lowest BCUT2D eigenvalue weighted by atomic mass is 10.0. The predicted octanol–water partition coefficient (Wildman–Crippen LogP) is 5.28. The second-order valence-corrected chi connectivity index (χ2v) is 4.82. The molecule has 110 valence electrons. The van der Waals surface area contributed by atoms with Gasteiger partial charge in [-0.2, -0.15) is 0 Å². The monoisotopic (exact) mass is 334 g/mol. The lowest BCUT2D eigenvalue weighted by Crippen LogP contribution is -2.16. The lowest BCUT2D eigenvalue weighted by molar-refractivity contribution is -0.274. The molecule has 0 aliphatic carbocycles. The van der Waals surface area contributed by atoms with Gasteiger partial charge in [-0.3, -0.25) is 4.79 Å². The maximum absolute atomic E-state index is 12.1. The van der Waals surface area contributed by atoms with Crippen LogP contribution in [-0.4, -0.2) is 11.6 Å². The minimum atomic E-state index is -4.76. The Morgan fingerprint density at radius 2 is 1.67 bits per heavy atom. The second-order valence-electron chi connectivity index (χ2n) is 4.04. The van der Waals surface area contributed by atoms with Crippen molar-refractivity contribution in [1.82, 2.24) is 0 Å². The van der Waals surface area contributed by atoms with Crippen LogP contribution in [0.2, 0.25) is 5.02 Å². The number of halogens is 5. The smallest absolute Gasteiger partial charge is 0.406 e. The van der Waals surface area contributed by atoms with Gasteiger partial charge in [0.05, 0.1) is 0 Å². The summed E-state index contributed by atoms with van der Waals surface area (Å²) in [6.07, 6.45) is -4.76. The molecular weight excluding hydrogens is 328 g/mol. The van der Waals surface area contributed by atoms with Crippen LogP contribution in [0.5, 0.6) is 5.75 Å². The molecule has 2 nitrogen and oxygen atoms in total. The van der Waals surface area contributed by atoms with Gasteiger partial charge in [-0.1, -0.05) is 23.7 Å². The lowest BCUT2D eigenvalue weighted by Gasteiger charge is -2.10. The van der Waals surface area contributed by atoms with Crippen molar-refractivity contribution in [3.63, 3.8) is 0 Å². The van der Waals surface area contributed by atoms with Crippen molar-refractivity contribution in [2.45, 2.75) is 6.36 Å². The van der Waals surface area contributed by atoms with E-state index >= 15 is 0 Å². The van der Waals surface area contributed by atoms with E-state index in [-0.39, 0.29) is 11.3 Å². The molecule has 2 aromatic rings. The summed E-state index contributed by atoms with van der Waals surface area (Å²) < 4.78 is 40.0. The molecule has 0 radical (unpaired) electrons. The molecule has 0 bridgehead atoms. The summed E-state index contributed by atoms with van der Waals surface area (Å²) in [6.45, 7) is 0. The highest BCUT2D eigenvalue weighted by Gasteiger charge is 2.31. The molecule has 0 unspecified atom stereocenters. The van der Waals surface area contributed by atoms with Gasteiger partial charge in [-0.05, 0) is 53.1 Å². The van der Waals surface area contributed by atoms with Crippen LogP contribution in [0.4, 0.5) is 13.2 Å². The van der Waals surface area contributed by atoms with Crippen LogP contribution < -0.4 is 4.74 Å². The van der Waals surface area contributed by atoms with E-state index in [9.17, 15) is 18.0 Å². The van der Waals surface area contributed by atoms with E-state index in [2.05, 4.69) is 4.74 Å². The highest BCUT2D eigenvalue weighted by atomic mass is 35.5. The van der Waals surface area contributed by atoms with Crippen LogP contribution in [-0.2, 0) is 0 Å². The van der Waals surface area contributed by atoms with Crippen molar-refractivity contribution in [2.75, 3.05) is 0 Å². The van der Waals surface area contributed by atoms with E-state index in [0.29, 0.717) is 16.1 Å². The van der Waals surface area contributed by atoms with E-state index in [0.717, 1.165) is 12.1 Å². The molecule has 0 heterocycles. The summed E-state index contributed by atoms with van der Waals surface area (Å²) in [5, 5.41) is -0.306. The van der Waals surface area contributed by atoms with E-state index in [1.165, 1.54) is 30.3 Å². The zero-order valence-corrected chi connectivity index (χ0v) is 11.8. The van der Waals surface area contributed by atoms with Crippen molar-refractivity contribution in [3.05, 3.63) is 53.1 Å². The van der Waals surface area contributed by atoms with Crippen molar-refractivity contribution in [2.24, 2.45) is 0 Å². The minimum absolute atomic E-state index is 0.213. The summed E-state index contributed by atoms with van der Waals surface area (Å²) in [6, 6.07) is 9.52. The SMILES string of the molecule is O=C(Cl)c1ccc(Cl)cc1-c1ccc(OC(F)(F)F)cc1. The molecule has 7 heteroatoms. The van der Waals surface area contributed by atoms with E-state index in [4.69, 9.17) is 23.2 Å². The molecule has 0 saturated carbocycles. The van der Waals surface area contributed by atoms with Crippen LogP contribution >= 0.6 is 23.2 Å². The first-order valence-electron chi connectivity index (χ1n) is 5.62. The Balaban J connectivity index is 2.39. The maximum Gasteiger partial charge on any atom is 0.573 e. The van der Waals surface area contributed by atoms with Gasteiger partial charge in [0.25, 0.3) is 5.24 Å².